The molecule has 1 aromatic carbocycles. The van der Waals surface area contributed by atoms with Crippen LogP contribution in [0.4, 0.5) is 0 Å². The van der Waals surface area contributed by atoms with Crippen LogP contribution in [0.15, 0.2) is 22.7 Å². The monoisotopic (exact) mass is 338 g/mol. The average Bonchev–Trinajstić information content (AvgIpc) is 2.43. The maximum Gasteiger partial charge on any atom is 0.220 e. The molecule has 0 aromatic heterocycles. The predicted molar refractivity (Wildman–Crippen MR) is 85.8 cm³/mol. The van der Waals surface area contributed by atoms with Crippen molar-refractivity contribution in [2.24, 2.45) is 5.92 Å². The number of piperidine rings is 1. The molecule has 1 aliphatic heterocycles. The Bertz CT molecular complexity index is 476. The van der Waals surface area contributed by atoms with E-state index < -0.39 is 0 Å². The second-order valence-electron chi connectivity index (χ2n) is 5.73. The summed E-state index contributed by atoms with van der Waals surface area (Å²) in [5.74, 6) is 0.723. The lowest BCUT2D eigenvalue weighted by molar-refractivity contribution is -0.122. The molecule has 1 saturated heterocycles. The number of halogens is 1. The molecule has 2 unspecified atom stereocenters. The quantitative estimate of drug-likeness (QED) is 0.886. The van der Waals surface area contributed by atoms with Crippen molar-refractivity contribution in [1.29, 1.82) is 0 Å². The lowest BCUT2D eigenvalue weighted by atomic mass is 9.94. The number of benzene rings is 1. The molecule has 1 aliphatic rings. The van der Waals surface area contributed by atoms with Crippen LogP contribution in [-0.2, 0) is 11.2 Å². The number of nitrogens with one attached hydrogen (secondary N) is 2. The van der Waals surface area contributed by atoms with E-state index in [1.807, 2.05) is 0 Å². The molecule has 0 bridgehead atoms. The van der Waals surface area contributed by atoms with E-state index in [2.05, 4.69) is 58.6 Å². The predicted octanol–water partition coefficient (Wildman–Crippen LogP) is 2.80. The first-order valence-electron chi connectivity index (χ1n) is 7.31. The zero-order chi connectivity index (χ0) is 14.5. The van der Waals surface area contributed by atoms with E-state index in [-0.39, 0.29) is 11.9 Å². The number of aryl methyl sites for hydroxylation is 2. The van der Waals surface area contributed by atoms with Crippen molar-refractivity contribution in [3.63, 3.8) is 0 Å². The first-order chi connectivity index (χ1) is 9.56. The lowest BCUT2D eigenvalue weighted by Crippen LogP contribution is -2.50. The van der Waals surface area contributed by atoms with Crippen molar-refractivity contribution >= 4 is 21.8 Å². The molecule has 0 aliphatic carbocycles. The standard InChI is InChI=1S/C16H23BrN2O/c1-11-7-8-18-10-15(11)19-16(20)6-4-13-3-5-14(17)12(2)9-13/h3,5,9,11,15,18H,4,6-8,10H2,1-2H3,(H,19,20). The summed E-state index contributed by atoms with van der Waals surface area (Å²) >= 11 is 3.50. The van der Waals surface area contributed by atoms with Gasteiger partial charge in [-0.1, -0.05) is 35.0 Å². The second kappa shape index (κ2) is 7.23. The zero-order valence-electron chi connectivity index (χ0n) is 12.2. The molecule has 1 fully saturated rings. The topological polar surface area (TPSA) is 41.1 Å². The van der Waals surface area contributed by atoms with Crippen LogP contribution < -0.4 is 10.6 Å². The molecule has 2 rings (SSSR count). The van der Waals surface area contributed by atoms with Crippen LogP contribution >= 0.6 is 15.9 Å². The summed E-state index contributed by atoms with van der Waals surface area (Å²) in [6.45, 7) is 6.24. The summed E-state index contributed by atoms with van der Waals surface area (Å²) < 4.78 is 1.12. The van der Waals surface area contributed by atoms with Gasteiger partial charge in [0.1, 0.15) is 0 Å². The van der Waals surface area contributed by atoms with E-state index in [0.717, 1.165) is 30.4 Å². The lowest BCUT2D eigenvalue weighted by Gasteiger charge is -2.30. The molecule has 20 heavy (non-hydrogen) atoms. The highest BCUT2D eigenvalue weighted by Gasteiger charge is 2.22. The molecule has 1 amide bonds. The molecular formula is C16H23BrN2O. The fourth-order valence-electron chi connectivity index (χ4n) is 2.58. The summed E-state index contributed by atoms with van der Waals surface area (Å²) in [6, 6.07) is 6.55. The normalized spacial score (nSPS) is 22.6. The van der Waals surface area contributed by atoms with Gasteiger partial charge in [-0.05, 0) is 49.4 Å². The second-order valence-corrected chi connectivity index (χ2v) is 6.58. The Morgan fingerprint density at radius 1 is 1.50 bits per heavy atom. The Balaban J connectivity index is 1.81. The van der Waals surface area contributed by atoms with Crippen LogP contribution in [0, 0.1) is 12.8 Å². The smallest absolute Gasteiger partial charge is 0.220 e. The summed E-state index contributed by atoms with van der Waals surface area (Å²) in [5.41, 5.74) is 2.43. The third-order valence-electron chi connectivity index (χ3n) is 4.04. The van der Waals surface area contributed by atoms with Crippen LogP contribution in [0.1, 0.15) is 30.9 Å². The first kappa shape index (κ1) is 15.5. The minimum atomic E-state index is 0.158. The van der Waals surface area contributed by atoms with E-state index in [9.17, 15) is 4.79 Å². The van der Waals surface area contributed by atoms with Crippen molar-refractivity contribution in [2.45, 2.75) is 39.2 Å². The Hall–Kier alpha value is -0.870. The van der Waals surface area contributed by atoms with Gasteiger partial charge in [0.05, 0.1) is 0 Å². The van der Waals surface area contributed by atoms with Gasteiger partial charge in [0, 0.05) is 23.5 Å². The average molecular weight is 339 g/mol. The maximum absolute atomic E-state index is 12.0. The van der Waals surface area contributed by atoms with E-state index in [1.54, 1.807) is 0 Å². The Morgan fingerprint density at radius 3 is 3.00 bits per heavy atom. The van der Waals surface area contributed by atoms with E-state index in [4.69, 9.17) is 0 Å². The van der Waals surface area contributed by atoms with Gasteiger partial charge in [-0.2, -0.15) is 0 Å². The molecule has 0 radical (unpaired) electrons. The van der Waals surface area contributed by atoms with Crippen molar-refractivity contribution in [1.82, 2.24) is 10.6 Å². The highest BCUT2D eigenvalue weighted by Crippen LogP contribution is 2.18. The van der Waals surface area contributed by atoms with Gasteiger partial charge in [-0.25, -0.2) is 0 Å². The number of carbonyl (C=O) groups excluding carboxylic acids is 1. The molecule has 1 heterocycles. The largest absolute Gasteiger partial charge is 0.352 e. The minimum absolute atomic E-state index is 0.158. The van der Waals surface area contributed by atoms with Crippen LogP contribution in [0.3, 0.4) is 0 Å². The van der Waals surface area contributed by atoms with E-state index in [1.165, 1.54) is 11.1 Å². The SMILES string of the molecule is Cc1cc(CCC(=O)NC2CNCCC2C)ccc1Br. The molecule has 4 heteroatoms. The zero-order valence-corrected chi connectivity index (χ0v) is 13.8. The Morgan fingerprint density at radius 2 is 2.30 bits per heavy atom. The Labute approximate surface area is 129 Å². The fraction of sp³-hybridized carbons (Fsp3) is 0.562. The summed E-state index contributed by atoms with van der Waals surface area (Å²) in [4.78, 5) is 12.0. The summed E-state index contributed by atoms with van der Waals surface area (Å²) in [6.07, 6.45) is 2.50. The number of hydrogen-bond donors (Lipinski definition) is 2. The molecule has 3 nitrogen and oxygen atoms in total. The molecule has 110 valence electrons. The first-order valence-corrected chi connectivity index (χ1v) is 8.10. The van der Waals surface area contributed by atoms with Crippen LogP contribution in [-0.4, -0.2) is 25.0 Å². The van der Waals surface area contributed by atoms with Crippen LogP contribution in [0.25, 0.3) is 0 Å². The molecular weight excluding hydrogens is 316 g/mol. The number of amides is 1. The van der Waals surface area contributed by atoms with Crippen molar-refractivity contribution < 1.29 is 4.79 Å². The van der Waals surface area contributed by atoms with Crippen molar-refractivity contribution in [3.8, 4) is 0 Å². The van der Waals surface area contributed by atoms with Gasteiger partial charge in [0.2, 0.25) is 5.91 Å². The highest BCUT2D eigenvalue weighted by molar-refractivity contribution is 9.10. The van der Waals surface area contributed by atoms with Gasteiger partial charge < -0.3 is 10.6 Å². The molecule has 0 spiro atoms. The molecule has 2 N–H and O–H groups in total. The van der Waals surface area contributed by atoms with Gasteiger partial charge in [0.15, 0.2) is 0 Å². The number of carbonyl (C=O) groups is 1. The third-order valence-corrected chi connectivity index (χ3v) is 4.93. The van der Waals surface area contributed by atoms with Gasteiger partial charge in [-0.15, -0.1) is 0 Å². The van der Waals surface area contributed by atoms with Gasteiger partial charge in [0.25, 0.3) is 0 Å². The van der Waals surface area contributed by atoms with E-state index in [0.29, 0.717) is 12.3 Å². The third kappa shape index (κ3) is 4.32. The van der Waals surface area contributed by atoms with Crippen LogP contribution in [0.5, 0.6) is 0 Å². The minimum Gasteiger partial charge on any atom is -0.352 e. The van der Waals surface area contributed by atoms with Crippen LogP contribution in [0.2, 0.25) is 0 Å². The number of hydrogen-bond acceptors (Lipinski definition) is 2. The fourth-order valence-corrected chi connectivity index (χ4v) is 2.83. The van der Waals surface area contributed by atoms with E-state index >= 15 is 0 Å². The van der Waals surface area contributed by atoms with Gasteiger partial charge in [-0.3, -0.25) is 4.79 Å². The maximum atomic E-state index is 12.0. The molecule has 0 saturated carbocycles. The molecule has 1 aromatic rings. The summed E-state index contributed by atoms with van der Waals surface area (Å²) in [7, 11) is 0. The molecule has 2 atom stereocenters. The van der Waals surface area contributed by atoms with Crippen molar-refractivity contribution in [2.75, 3.05) is 13.1 Å². The number of rotatable bonds is 4. The van der Waals surface area contributed by atoms with Gasteiger partial charge >= 0.3 is 0 Å². The Kier molecular flexibility index (Phi) is 5.61. The van der Waals surface area contributed by atoms with Crippen molar-refractivity contribution in [3.05, 3.63) is 33.8 Å². The summed E-state index contributed by atoms with van der Waals surface area (Å²) in [5, 5.41) is 6.49. The highest BCUT2D eigenvalue weighted by atomic mass is 79.9.